The van der Waals surface area contributed by atoms with E-state index in [2.05, 4.69) is 39.6 Å². The van der Waals surface area contributed by atoms with Crippen molar-refractivity contribution >= 4 is 33.6 Å². The molecule has 0 heterocycles. The number of hydrogen-bond acceptors (Lipinski definition) is 3. The van der Waals surface area contributed by atoms with Crippen LogP contribution in [0.15, 0.2) is 33.6 Å². The maximum Gasteiger partial charge on any atom is 0.220 e. The minimum atomic E-state index is 0.123. The third kappa shape index (κ3) is 7.60. The molecule has 0 bridgehead atoms. The number of benzene rings is 1. The Morgan fingerprint density at radius 1 is 1.26 bits per heavy atom. The van der Waals surface area contributed by atoms with Gasteiger partial charge in [-0.25, -0.2) is 0 Å². The lowest BCUT2D eigenvalue weighted by Crippen LogP contribution is -2.32. The van der Waals surface area contributed by atoms with Crippen LogP contribution in [-0.4, -0.2) is 31.3 Å². The van der Waals surface area contributed by atoms with E-state index in [4.69, 9.17) is 0 Å². The average Bonchev–Trinajstić information content (AvgIpc) is 2.41. The Morgan fingerprint density at radius 2 is 2.05 bits per heavy atom. The summed E-state index contributed by atoms with van der Waals surface area (Å²) in [5.74, 6) is 0.925. The third-order valence-corrected chi connectivity index (χ3v) is 4.50. The molecule has 1 aromatic carbocycles. The SMILES string of the molecule is CCCNCCNC(=O)CCSc1ccccc1Br. The highest BCUT2D eigenvalue weighted by molar-refractivity contribution is 9.10. The van der Waals surface area contributed by atoms with Crippen LogP contribution in [0, 0.1) is 0 Å². The summed E-state index contributed by atoms with van der Waals surface area (Å²) < 4.78 is 1.09. The first-order valence-corrected chi connectivity index (χ1v) is 8.36. The summed E-state index contributed by atoms with van der Waals surface area (Å²) in [7, 11) is 0. The lowest BCUT2D eigenvalue weighted by molar-refractivity contribution is -0.120. The molecule has 3 nitrogen and oxygen atoms in total. The van der Waals surface area contributed by atoms with E-state index < -0.39 is 0 Å². The highest BCUT2D eigenvalue weighted by atomic mass is 79.9. The van der Waals surface area contributed by atoms with Gasteiger partial charge in [0.15, 0.2) is 0 Å². The molecule has 0 aliphatic rings. The molecule has 1 aromatic rings. The van der Waals surface area contributed by atoms with E-state index in [1.54, 1.807) is 11.8 Å². The van der Waals surface area contributed by atoms with Crippen LogP contribution in [0.5, 0.6) is 0 Å². The third-order valence-electron chi connectivity index (χ3n) is 2.47. The second-order valence-corrected chi connectivity index (χ2v) is 6.12. The number of carbonyl (C=O) groups is 1. The molecule has 0 saturated heterocycles. The van der Waals surface area contributed by atoms with Gasteiger partial charge in [0.1, 0.15) is 0 Å². The van der Waals surface area contributed by atoms with Crippen molar-refractivity contribution in [1.82, 2.24) is 10.6 Å². The van der Waals surface area contributed by atoms with Gasteiger partial charge in [-0.15, -0.1) is 11.8 Å². The van der Waals surface area contributed by atoms with E-state index in [0.29, 0.717) is 13.0 Å². The van der Waals surface area contributed by atoms with Gasteiger partial charge in [-0.05, 0) is 41.0 Å². The summed E-state index contributed by atoms with van der Waals surface area (Å²) in [6, 6.07) is 8.07. The summed E-state index contributed by atoms with van der Waals surface area (Å²) >= 11 is 5.20. The van der Waals surface area contributed by atoms with E-state index in [9.17, 15) is 4.79 Å². The molecule has 5 heteroatoms. The summed E-state index contributed by atoms with van der Waals surface area (Å²) in [5, 5.41) is 6.17. The number of halogens is 1. The number of nitrogens with one attached hydrogen (secondary N) is 2. The molecule has 0 saturated carbocycles. The Kier molecular flexibility index (Phi) is 8.95. The molecule has 2 N–H and O–H groups in total. The van der Waals surface area contributed by atoms with E-state index in [-0.39, 0.29) is 5.91 Å². The van der Waals surface area contributed by atoms with Gasteiger partial charge in [-0.3, -0.25) is 4.79 Å². The first-order chi connectivity index (χ1) is 9.24. The van der Waals surface area contributed by atoms with Crippen LogP contribution in [0.2, 0.25) is 0 Å². The summed E-state index contributed by atoms with van der Waals surface area (Å²) in [6.07, 6.45) is 1.68. The molecule has 1 rings (SSSR count). The van der Waals surface area contributed by atoms with Gasteiger partial charge in [0, 0.05) is 34.6 Å². The predicted molar refractivity (Wildman–Crippen MR) is 85.7 cm³/mol. The van der Waals surface area contributed by atoms with E-state index in [1.807, 2.05) is 18.2 Å². The molecule has 0 aliphatic heterocycles. The molecule has 0 atom stereocenters. The molecule has 0 unspecified atom stereocenters. The lowest BCUT2D eigenvalue weighted by atomic mass is 10.4. The predicted octanol–water partition coefficient (Wildman–Crippen LogP) is 3.05. The van der Waals surface area contributed by atoms with E-state index in [0.717, 1.165) is 29.7 Å². The highest BCUT2D eigenvalue weighted by Gasteiger charge is 2.03. The van der Waals surface area contributed by atoms with Gasteiger partial charge in [0.2, 0.25) is 5.91 Å². The number of carbonyl (C=O) groups excluding carboxylic acids is 1. The fourth-order valence-electron chi connectivity index (χ4n) is 1.50. The number of amides is 1. The van der Waals surface area contributed by atoms with Crippen molar-refractivity contribution < 1.29 is 4.79 Å². The van der Waals surface area contributed by atoms with Crippen molar-refractivity contribution in [3.8, 4) is 0 Å². The summed E-state index contributed by atoms with van der Waals surface area (Å²) in [5.41, 5.74) is 0. The fraction of sp³-hybridized carbons (Fsp3) is 0.500. The molecule has 0 spiro atoms. The quantitative estimate of drug-likeness (QED) is 0.534. The van der Waals surface area contributed by atoms with Crippen molar-refractivity contribution in [1.29, 1.82) is 0 Å². The standard InChI is InChI=1S/C14H21BrN2OS/c1-2-8-16-9-10-17-14(18)7-11-19-13-6-4-3-5-12(13)15/h3-6,16H,2,7-11H2,1H3,(H,17,18). The van der Waals surface area contributed by atoms with Crippen LogP contribution >= 0.6 is 27.7 Å². The summed E-state index contributed by atoms with van der Waals surface area (Å²) in [4.78, 5) is 12.8. The van der Waals surface area contributed by atoms with Gasteiger partial charge >= 0.3 is 0 Å². The molecule has 106 valence electrons. The zero-order valence-corrected chi connectivity index (χ0v) is 13.6. The second kappa shape index (κ2) is 10.3. The maximum absolute atomic E-state index is 11.6. The minimum Gasteiger partial charge on any atom is -0.355 e. The minimum absolute atomic E-state index is 0.123. The lowest BCUT2D eigenvalue weighted by Gasteiger charge is -2.06. The monoisotopic (exact) mass is 344 g/mol. The maximum atomic E-state index is 11.6. The Labute approximate surface area is 128 Å². The zero-order valence-electron chi connectivity index (χ0n) is 11.2. The van der Waals surface area contributed by atoms with Gasteiger partial charge in [-0.2, -0.15) is 0 Å². The van der Waals surface area contributed by atoms with Gasteiger partial charge in [0.05, 0.1) is 0 Å². The number of rotatable bonds is 9. The topological polar surface area (TPSA) is 41.1 Å². The smallest absolute Gasteiger partial charge is 0.220 e. The Bertz CT molecular complexity index is 387. The van der Waals surface area contributed by atoms with Crippen molar-refractivity contribution in [3.63, 3.8) is 0 Å². The molecular formula is C14H21BrN2OS. The van der Waals surface area contributed by atoms with Crippen LogP contribution in [0.3, 0.4) is 0 Å². The van der Waals surface area contributed by atoms with Crippen molar-refractivity contribution in [2.45, 2.75) is 24.7 Å². The largest absolute Gasteiger partial charge is 0.355 e. The van der Waals surface area contributed by atoms with Crippen molar-refractivity contribution in [2.24, 2.45) is 0 Å². The molecular weight excluding hydrogens is 324 g/mol. The first kappa shape index (κ1) is 16.5. The Morgan fingerprint density at radius 3 is 2.79 bits per heavy atom. The molecule has 0 aromatic heterocycles. The Hall–Kier alpha value is -0.520. The van der Waals surface area contributed by atoms with Gasteiger partial charge in [0.25, 0.3) is 0 Å². The number of hydrogen-bond donors (Lipinski definition) is 2. The van der Waals surface area contributed by atoms with Gasteiger partial charge < -0.3 is 10.6 Å². The van der Waals surface area contributed by atoms with Crippen molar-refractivity contribution in [3.05, 3.63) is 28.7 Å². The van der Waals surface area contributed by atoms with Crippen molar-refractivity contribution in [2.75, 3.05) is 25.4 Å². The Balaban J connectivity index is 2.09. The molecule has 0 aliphatic carbocycles. The van der Waals surface area contributed by atoms with Crippen LogP contribution in [0.4, 0.5) is 0 Å². The van der Waals surface area contributed by atoms with Crippen LogP contribution in [0.1, 0.15) is 19.8 Å². The fourth-order valence-corrected chi connectivity index (χ4v) is 3.01. The molecule has 0 fully saturated rings. The van der Waals surface area contributed by atoms with Gasteiger partial charge in [-0.1, -0.05) is 19.1 Å². The average molecular weight is 345 g/mol. The molecule has 1 amide bonds. The molecule has 0 radical (unpaired) electrons. The highest BCUT2D eigenvalue weighted by Crippen LogP contribution is 2.27. The van der Waals surface area contributed by atoms with E-state index in [1.165, 1.54) is 4.90 Å². The zero-order chi connectivity index (χ0) is 13.9. The molecule has 19 heavy (non-hydrogen) atoms. The normalized spacial score (nSPS) is 10.4. The second-order valence-electron chi connectivity index (χ2n) is 4.13. The number of thioether (sulfide) groups is 1. The van der Waals surface area contributed by atoms with Crippen LogP contribution < -0.4 is 10.6 Å². The van der Waals surface area contributed by atoms with Crippen LogP contribution in [-0.2, 0) is 4.79 Å². The first-order valence-electron chi connectivity index (χ1n) is 6.58. The van der Waals surface area contributed by atoms with E-state index >= 15 is 0 Å². The van der Waals surface area contributed by atoms with Crippen LogP contribution in [0.25, 0.3) is 0 Å². The summed E-state index contributed by atoms with van der Waals surface area (Å²) in [6.45, 7) is 4.69.